The first-order valence-corrected chi connectivity index (χ1v) is 9.06. The zero-order valence-electron chi connectivity index (χ0n) is 15.5. The summed E-state index contributed by atoms with van der Waals surface area (Å²) in [7, 11) is 0. The van der Waals surface area contributed by atoms with Crippen molar-refractivity contribution in [2.75, 3.05) is 0 Å². The zero-order valence-corrected chi connectivity index (χ0v) is 15.5. The summed E-state index contributed by atoms with van der Waals surface area (Å²) in [4.78, 5) is 11.4. The van der Waals surface area contributed by atoms with E-state index in [1.807, 2.05) is 13.8 Å². The number of aliphatic hydroxyl groups is 1. The Morgan fingerprint density at radius 2 is 1.62 bits per heavy atom. The van der Waals surface area contributed by atoms with E-state index >= 15 is 0 Å². The molecular weight excluding hydrogens is 312 g/mol. The number of carboxylic acid groups (broad SMARTS) is 1. The van der Waals surface area contributed by atoms with Gasteiger partial charge in [-0.05, 0) is 31.1 Å². The first kappa shape index (κ1) is 19.6. The fourth-order valence-electron chi connectivity index (χ4n) is 3.78. The van der Waals surface area contributed by atoms with Crippen molar-refractivity contribution < 1.29 is 29.2 Å². The summed E-state index contributed by atoms with van der Waals surface area (Å²) in [6.45, 7) is 12.2. The predicted molar refractivity (Wildman–Crippen MR) is 88.5 cm³/mol. The molecule has 6 nitrogen and oxygen atoms in total. The van der Waals surface area contributed by atoms with Crippen molar-refractivity contribution in [1.29, 1.82) is 0 Å². The molecule has 2 rings (SSSR count). The van der Waals surface area contributed by atoms with Gasteiger partial charge in [0.2, 0.25) is 0 Å². The molecular formula is C18H32O6. The molecule has 2 saturated heterocycles. The minimum atomic E-state index is -1.25. The van der Waals surface area contributed by atoms with Gasteiger partial charge in [0.25, 0.3) is 0 Å². The van der Waals surface area contributed by atoms with E-state index in [-0.39, 0.29) is 36.1 Å². The summed E-state index contributed by atoms with van der Waals surface area (Å²) in [6.07, 6.45) is -2.13. The molecule has 2 fully saturated rings. The summed E-state index contributed by atoms with van der Waals surface area (Å²) >= 11 is 0. The van der Waals surface area contributed by atoms with Crippen LogP contribution in [0.15, 0.2) is 0 Å². The highest BCUT2D eigenvalue weighted by Crippen LogP contribution is 2.38. The smallest absolute Gasteiger partial charge is 0.335 e. The van der Waals surface area contributed by atoms with Crippen molar-refractivity contribution in [3.63, 3.8) is 0 Å². The number of ether oxygens (including phenoxy) is 3. The number of carbonyl (C=O) groups is 1. The second kappa shape index (κ2) is 7.68. The lowest BCUT2D eigenvalue weighted by molar-refractivity contribution is -0.304. The Hall–Kier alpha value is -0.690. The first-order valence-electron chi connectivity index (χ1n) is 9.06. The maximum Gasteiger partial charge on any atom is 0.335 e. The molecule has 2 aliphatic rings. The Bertz CT molecular complexity index is 439. The third kappa shape index (κ3) is 3.62. The van der Waals surface area contributed by atoms with Gasteiger partial charge in [-0.2, -0.15) is 0 Å². The summed E-state index contributed by atoms with van der Waals surface area (Å²) in [5.41, 5.74) is 0. The standard InChI is InChI=1S/C18H32O6/c1-7-13-15(10(4)8(2)12(6)22-13)23-18-11(5)9(3)14(19)16(24-18)17(20)21/h8-16,18-19H,7H2,1-6H3,(H,20,21)/t8?,9-,10?,11?,12+,13?,14+,15-,16?,18+/m0/s1. The number of carboxylic acids is 1. The molecule has 0 bridgehead atoms. The van der Waals surface area contributed by atoms with Crippen molar-refractivity contribution in [3.8, 4) is 0 Å². The van der Waals surface area contributed by atoms with Crippen molar-refractivity contribution in [2.45, 2.75) is 84.8 Å². The highest BCUT2D eigenvalue weighted by Gasteiger charge is 2.48. The summed E-state index contributed by atoms with van der Waals surface area (Å²) < 4.78 is 18.0. The normalized spacial score (nSPS) is 49.8. The molecule has 0 aromatic carbocycles. The van der Waals surface area contributed by atoms with Crippen LogP contribution in [0.4, 0.5) is 0 Å². The van der Waals surface area contributed by atoms with Crippen LogP contribution in [-0.4, -0.2) is 53.0 Å². The molecule has 24 heavy (non-hydrogen) atoms. The molecule has 2 heterocycles. The largest absolute Gasteiger partial charge is 0.479 e. The van der Waals surface area contributed by atoms with Gasteiger partial charge < -0.3 is 24.4 Å². The quantitative estimate of drug-likeness (QED) is 0.814. The van der Waals surface area contributed by atoms with E-state index in [0.717, 1.165) is 6.42 Å². The lowest BCUT2D eigenvalue weighted by atomic mass is 9.80. The molecule has 0 amide bonds. The Kier molecular flexibility index (Phi) is 6.29. The van der Waals surface area contributed by atoms with Gasteiger partial charge in [0.05, 0.1) is 24.4 Å². The fraction of sp³-hybridized carbons (Fsp3) is 0.944. The molecule has 2 aliphatic heterocycles. The maximum atomic E-state index is 11.4. The van der Waals surface area contributed by atoms with Gasteiger partial charge in [-0.25, -0.2) is 4.79 Å². The average Bonchev–Trinajstić information content (AvgIpc) is 2.54. The third-order valence-corrected chi connectivity index (χ3v) is 6.17. The molecule has 140 valence electrons. The van der Waals surface area contributed by atoms with Gasteiger partial charge in [0, 0.05) is 5.92 Å². The fourth-order valence-corrected chi connectivity index (χ4v) is 3.78. The Morgan fingerprint density at radius 1 is 1.00 bits per heavy atom. The van der Waals surface area contributed by atoms with E-state index in [0.29, 0.717) is 5.92 Å². The lowest BCUT2D eigenvalue weighted by Gasteiger charge is -2.47. The van der Waals surface area contributed by atoms with Gasteiger partial charge in [-0.15, -0.1) is 0 Å². The number of aliphatic carboxylic acids is 1. The van der Waals surface area contributed by atoms with Crippen LogP contribution in [-0.2, 0) is 19.0 Å². The second-order valence-electron chi connectivity index (χ2n) is 7.58. The second-order valence-corrected chi connectivity index (χ2v) is 7.58. The van der Waals surface area contributed by atoms with Crippen LogP contribution in [0, 0.1) is 23.7 Å². The van der Waals surface area contributed by atoms with Crippen molar-refractivity contribution >= 4 is 5.97 Å². The molecule has 0 aromatic heterocycles. The van der Waals surface area contributed by atoms with Crippen LogP contribution in [0.25, 0.3) is 0 Å². The summed E-state index contributed by atoms with van der Waals surface area (Å²) in [5, 5.41) is 19.4. The van der Waals surface area contributed by atoms with Crippen LogP contribution in [0.2, 0.25) is 0 Å². The van der Waals surface area contributed by atoms with E-state index in [9.17, 15) is 15.0 Å². The summed E-state index contributed by atoms with van der Waals surface area (Å²) in [5.74, 6) is -0.859. The molecule has 2 N–H and O–H groups in total. The van der Waals surface area contributed by atoms with Crippen LogP contribution in [0.3, 0.4) is 0 Å². The zero-order chi connectivity index (χ0) is 18.2. The van der Waals surface area contributed by atoms with E-state index < -0.39 is 24.5 Å². The lowest BCUT2D eigenvalue weighted by Crippen LogP contribution is -2.57. The van der Waals surface area contributed by atoms with E-state index in [1.165, 1.54) is 0 Å². The Morgan fingerprint density at radius 3 is 2.17 bits per heavy atom. The van der Waals surface area contributed by atoms with E-state index in [1.54, 1.807) is 0 Å². The van der Waals surface area contributed by atoms with Crippen LogP contribution in [0.1, 0.15) is 48.0 Å². The van der Waals surface area contributed by atoms with Crippen LogP contribution in [0.5, 0.6) is 0 Å². The average molecular weight is 344 g/mol. The van der Waals surface area contributed by atoms with Crippen molar-refractivity contribution in [1.82, 2.24) is 0 Å². The Balaban J connectivity index is 2.16. The maximum absolute atomic E-state index is 11.4. The number of hydrogen-bond acceptors (Lipinski definition) is 5. The predicted octanol–water partition coefficient (Wildman–Crippen LogP) is 2.28. The molecule has 0 saturated carbocycles. The Labute approximate surface area is 144 Å². The highest BCUT2D eigenvalue weighted by atomic mass is 16.7. The minimum Gasteiger partial charge on any atom is -0.479 e. The van der Waals surface area contributed by atoms with E-state index in [4.69, 9.17) is 14.2 Å². The number of aliphatic hydroxyl groups excluding tert-OH is 1. The van der Waals surface area contributed by atoms with Crippen molar-refractivity contribution in [3.05, 3.63) is 0 Å². The number of rotatable bonds is 4. The molecule has 6 heteroatoms. The first-order chi connectivity index (χ1) is 11.2. The van der Waals surface area contributed by atoms with Crippen molar-refractivity contribution in [2.24, 2.45) is 23.7 Å². The van der Waals surface area contributed by atoms with Gasteiger partial charge in [-0.1, -0.05) is 34.6 Å². The molecule has 0 spiro atoms. The highest BCUT2D eigenvalue weighted by molar-refractivity contribution is 5.73. The van der Waals surface area contributed by atoms with Gasteiger partial charge >= 0.3 is 5.97 Å². The monoisotopic (exact) mass is 344 g/mol. The van der Waals surface area contributed by atoms with Crippen LogP contribution >= 0.6 is 0 Å². The minimum absolute atomic E-state index is 0.0348. The van der Waals surface area contributed by atoms with Gasteiger partial charge in [0.15, 0.2) is 12.4 Å². The summed E-state index contributed by atoms with van der Waals surface area (Å²) in [6, 6.07) is 0. The molecule has 0 aliphatic carbocycles. The molecule has 10 atom stereocenters. The molecule has 5 unspecified atom stereocenters. The van der Waals surface area contributed by atoms with Crippen LogP contribution < -0.4 is 0 Å². The third-order valence-electron chi connectivity index (χ3n) is 6.17. The molecule has 0 aromatic rings. The molecule has 0 radical (unpaired) electrons. The van der Waals surface area contributed by atoms with Gasteiger partial charge in [-0.3, -0.25) is 0 Å². The number of hydrogen-bond donors (Lipinski definition) is 2. The van der Waals surface area contributed by atoms with Gasteiger partial charge in [0.1, 0.15) is 0 Å². The SMILES string of the molecule is CCC1O[C@H](C)C(C)C(C)[C@@H]1O[C@@H]1OC(C(=O)O)[C@H](O)[C@@H](C)C1C. The van der Waals surface area contributed by atoms with E-state index in [2.05, 4.69) is 27.7 Å². The topological polar surface area (TPSA) is 85.2 Å².